The Morgan fingerprint density at radius 1 is 1.25 bits per heavy atom. The minimum absolute atomic E-state index is 0.0941. The van der Waals surface area contributed by atoms with Crippen LogP contribution in [0.2, 0.25) is 0 Å². The molecule has 1 saturated carbocycles. The van der Waals surface area contributed by atoms with Crippen LogP contribution in [0, 0.1) is 5.82 Å². The zero-order chi connectivity index (χ0) is 16.9. The van der Waals surface area contributed by atoms with Gasteiger partial charge < -0.3 is 10.2 Å². The third kappa shape index (κ3) is 3.92. The number of amides is 2. The molecule has 1 heterocycles. The number of rotatable bonds is 6. The van der Waals surface area contributed by atoms with Crippen molar-refractivity contribution in [3.05, 3.63) is 54.4 Å². The summed E-state index contributed by atoms with van der Waals surface area (Å²) in [5.74, 6) is -1.05. The van der Waals surface area contributed by atoms with E-state index in [1.54, 1.807) is 17.0 Å². The quantitative estimate of drug-likeness (QED) is 0.882. The molecule has 0 unspecified atom stereocenters. The average Bonchev–Trinajstić information content (AvgIpc) is 3.43. The van der Waals surface area contributed by atoms with Crippen LogP contribution in [0.3, 0.4) is 0 Å². The van der Waals surface area contributed by atoms with Gasteiger partial charge in [0, 0.05) is 31.4 Å². The molecule has 3 rings (SSSR count). The summed E-state index contributed by atoms with van der Waals surface area (Å²) in [5, 5.41) is 2.52. The van der Waals surface area contributed by atoms with E-state index >= 15 is 0 Å². The van der Waals surface area contributed by atoms with Crippen LogP contribution in [0.5, 0.6) is 0 Å². The number of para-hydroxylation sites is 1. The van der Waals surface area contributed by atoms with E-state index in [-0.39, 0.29) is 42.2 Å². The van der Waals surface area contributed by atoms with Crippen LogP contribution in [0.1, 0.15) is 29.8 Å². The van der Waals surface area contributed by atoms with Gasteiger partial charge in [0.05, 0.1) is 11.9 Å². The highest BCUT2D eigenvalue weighted by molar-refractivity contribution is 5.94. The molecule has 0 saturated heterocycles. The van der Waals surface area contributed by atoms with Crippen LogP contribution >= 0.6 is 0 Å². The molecule has 1 aromatic carbocycles. The monoisotopic (exact) mass is 328 g/mol. The SMILES string of the molecule is O=C(CCN(C(=O)c1cnccn1)C1CC1)Nc1ccccc1F. The lowest BCUT2D eigenvalue weighted by Crippen LogP contribution is -2.36. The smallest absolute Gasteiger partial charge is 0.274 e. The van der Waals surface area contributed by atoms with Crippen LogP contribution in [-0.4, -0.2) is 39.3 Å². The van der Waals surface area contributed by atoms with Gasteiger partial charge in [-0.1, -0.05) is 12.1 Å². The van der Waals surface area contributed by atoms with Gasteiger partial charge in [0.25, 0.3) is 5.91 Å². The lowest BCUT2D eigenvalue weighted by atomic mass is 10.2. The summed E-state index contributed by atoms with van der Waals surface area (Å²) in [6.07, 6.45) is 6.30. The van der Waals surface area contributed by atoms with Crippen molar-refractivity contribution in [2.45, 2.75) is 25.3 Å². The maximum absolute atomic E-state index is 13.5. The normalized spacial score (nSPS) is 13.4. The van der Waals surface area contributed by atoms with E-state index < -0.39 is 5.82 Å². The highest BCUT2D eigenvalue weighted by atomic mass is 19.1. The second kappa shape index (κ2) is 7.16. The maximum atomic E-state index is 13.5. The Kier molecular flexibility index (Phi) is 4.79. The summed E-state index contributed by atoms with van der Waals surface area (Å²) >= 11 is 0. The third-order valence-electron chi connectivity index (χ3n) is 3.76. The second-order valence-electron chi connectivity index (χ2n) is 5.60. The van der Waals surface area contributed by atoms with Gasteiger partial charge in [-0.25, -0.2) is 9.37 Å². The number of halogens is 1. The second-order valence-corrected chi connectivity index (χ2v) is 5.60. The lowest BCUT2D eigenvalue weighted by Gasteiger charge is -2.21. The number of carbonyl (C=O) groups is 2. The van der Waals surface area contributed by atoms with E-state index in [2.05, 4.69) is 15.3 Å². The zero-order valence-corrected chi connectivity index (χ0v) is 13.0. The number of benzene rings is 1. The number of anilines is 1. The Morgan fingerprint density at radius 2 is 2.04 bits per heavy atom. The Bertz CT molecular complexity index is 734. The molecule has 0 spiro atoms. The van der Waals surface area contributed by atoms with Gasteiger partial charge in [-0.3, -0.25) is 14.6 Å². The van der Waals surface area contributed by atoms with Gasteiger partial charge in [0.15, 0.2) is 0 Å². The number of nitrogens with one attached hydrogen (secondary N) is 1. The summed E-state index contributed by atoms with van der Waals surface area (Å²) in [6, 6.07) is 6.12. The van der Waals surface area contributed by atoms with Gasteiger partial charge in [0.1, 0.15) is 11.5 Å². The first-order valence-corrected chi connectivity index (χ1v) is 7.76. The fourth-order valence-corrected chi connectivity index (χ4v) is 2.39. The summed E-state index contributed by atoms with van der Waals surface area (Å²) in [7, 11) is 0. The van der Waals surface area contributed by atoms with Crippen molar-refractivity contribution in [2.75, 3.05) is 11.9 Å². The van der Waals surface area contributed by atoms with Crippen LogP contribution < -0.4 is 5.32 Å². The van der Waals surface area contributed by atoms with Gasteiger partial charge >= 0.3 is 0 Å². The van der Waals surface area contributed by atoms with Gasteiger partial charge in [-0.05, 0) is 25.0 Å². The molecule has 1 N–H and O–H groups in total. The van der Waals surface area contributed by atoms with Gasteiger partial charge in [0.2, 0.25) is 5.91 Å². The number of aromatic nitrogens is 2. The Hall–Kier alpha value is -2.83. The predicted molar refractivity (Wildman–Crippen MR) is 85.7 cm³/mol. The average molecular weight is 328 g/mol. The van der Waals surface area contributed by atoms with Crippen LogP contribution in [-0.2, 0) is 4.79 Å². The first kappa shape index (κ1) is 16.0. The molecule has 6 nitrogen and oxygen atoms in total. The van der Waals surface area contributed by atoms with E-state index in [1.807, 2.05) is 0 Å². The summed E-state index contributed by atoms with van der Waals surface area (Å²) in [4.78, 5) is 34.1. The van der Waals surface area contributed by atoms with Crippen molar-refractivity contribution in [3.63, 3.8) is 0 Å². The van der Waals surface area contributed by atoms with Crippen LogP contribution in [0.4, 0.5) is 10.1 Å². The van der Waals surface area contributed by atoms with E-state index in [4.69, 9.17) is 0 Å². The predicted octanol–water partition coefficient (Wildman–Crippen LogP) is 2.25. The van der Waals surface area contributed by atoms with Crippen molar-refractivity contribution in [2.24, 2.45) is 0 Å². The standard InChI is InChI=1S/C17H17FN4O2/c18-13-3-1-2-4-14(13)21-16(23)7-10-22(12-5-6-12)17(24)15-11-19-8-9-20-15/h1-4,8-9,11-12H,5-7,10H2,(H,21,23). The van der Waals surface area contributed by atoms with Gasteiger partial charge in [-0.2, -0.15) is 0 Å². The van der Waals surface area contributed by atoms with Crippen molar-refractivity contribution < 1.29 is 14.0 Å². The van der Waals surface area contributed by atoms with Gasteiger partial charge in [-0.15, -0.1) is 0 Å². The third-order valence-corrected chi connectivity index (χ3v) is 3.76. The fourth-order valence-electron chi connectivity index (χ4n) is 2.39. The topological polar surface area (TPSA) is 75.2 Å². The Balaban J connectivity index is 1.60. The minimum Gasteiger partial charge on any atom is -0.334 e. The molecule has 1 aromatic heterocycles. The molecule has 0 atom stereocenters. The van der Waals surface area contributed by atoms with E-state index in [9.17, 15) is 14.0 Å². The summed E-state index contributed by atoms with van der Waals surface area (Å²) in [5.41, 5.74) is 0.402. The number of hydrogen-bond donors (Lipinski definition) is 1. The first-order chi connectivity index (χ1) is 11.6. The molecular formula is C17H17FN4O2. The number of carbonyl (C=O) groups excluding carboxylic acids is 2. The highest BCUT2D eigenvalue weighted by Gasteiger charge is 2.33. The van der Waals surface area contributed by atoms with Crippen molar-refractivity contribution in [1.82, 2.24) is 14.9 Å². The molecule has 124 valence electrons. The molecule has 0 bridgehead atoms. The van der Waals surface area contributed by atoms with Crippen molar-refractivity contribution in [3.8, 4) is 0 Å². The van der Waals surface area contributed by atoms with E-state index in [0.29, 0.717) is 0 Å². The van der Waals surface area contributed by atoms with E-state index in [1.165, 1.54) is 30.7 Å². The summed E-state index contributed by atoms with van der Waals surface area (Å²) in [6.45, 7) is 0.264. The molecule has 2 aromatic rings. The lowest BCUT2D eigenvalue weighted by molar-refractivity contribution is -0.116. The molecule has 0 radical (unpaired) electrons. The molecule has 1 fully saturated rings. The van der Waals surface area contributed by atoms with E-state index in [0.717, 1.165) is 12.8 Å². The zero-order valence-electron chi connectivity index (χ0n) is 13.0. The molecule has 24 heavy (non-hydrogen) atoms. The molecule has 7 heteroatoms. The largest absolute Gasteiger partial charge is 0.334 e. The number of nitrogens with zero attached hydrogens (tertiary/aromatic N) is 3. The summed E-state index contributed by atoms with van der Waals surface area (Å²) < 4.78 is 13.5. The fraction of sp³-hybridized carbons (Fsp3) is 0.294. The highest BCUT2D eigenvalue weighted by Crippen LogP contribution is 2.28. The molecule has 0 aliphatic heterocycles. The maximum Gasteiger partial charge on any atom is 0.274 e. The first-order valence-electron chi connectivity index (χ1n) is 7.76. The number of hydrogen-bond acceptors (Lipinski definition) is 4. The molecular weight excluding hydrogens is 311 g/mol. The minimum atomic E-state index is -0.486. The molecule has 1 aliphatic carbocycles. The van der Waals surface area contributed by atoms with Crippen LogP contribution in [0.25, 0.3) is 0 Å². The molecule has 1 aliphatic rings. The van der Waals surface area contributed by atoms with Crippen LogP contribution in [0.15, 0.2) is 42.9 Å². The van der Waals surface area contributed by atoms with Crippen molar-refractivity contribution in [1.29, 1.82) is 0 Å². The Morgan fingerprint density at radius 3 is 2.71 bits per heavy atom. The van der Waals surface area contributed by atoms with Crippen molar-refractivity contribution >= 4 is 17.5 Å². The Labute approximate surface area is 138 Å². The molecule has 2 amide bonds.